The molecule has 0 saturated heterocycles. The van der Waals surface area contributed by atoms with E-state index in [-0.39, 0.29) is 5.91 Å². The Balaban J connectivity index is 1.84. The van der Waals surface area contributed by atoms with Gasteiger partial charge in [-0.25, -0.2) is 0 Å². The summed E-state index contributed by atoms with van der Waals surface area (Å²) in [7, 11) is 1.86. The maximum Gasteiger partial charge on any atom is 0.232 e. The second-order valence-electron chi connectivity index (χ2n) is 5.34. The first-order valence-electron chi connectivity index (χ1n) is 7.03. The van der Waals surface area contributed by atoms with E-state index in [2.05, 4.69) is 62.4 Å². The van der Waals surface area contributed by atoms with Gasteiger partial charge in [-0.05, 0) is 31.5 Å². The van der Waals surface area contributed by atoms with Gasteiger partial charge < -0.3 is 4.90 Å². The number of hydrogen-bond donors (Lipinski definition) is 0. The number of thioether (sulfide) groups is 1. The summed E-state index contributed by atoms with van der Waals surface area (Å²) in [4.78, 5) is 15.1. The summed E-state index contributed by atoms with van der Waals surface area (Å²) in [5.74, 6) is 0.631. The van der Waals surface area contributed by atoms with Crippen LogP contribution in [0.4, 0.5) is 0 Å². The van der Waals surface area contributed by atoms with E-state index < -0.39 is 0 Å². The van der Waals surface area contributed by atoms with Gasteiger partial charge in [0, 0.05) is 18.5 Å². The van der Waals surface area contributed by atoms with Gasteiger partial charge in [-0.2, -0.15) is 0 Å². The SMILES string of the molecule is Cc1ccc(CN(C)C(=O)CSc2ccc(C)cc2)cc1. The third-order valence-corrected chi connectivity index (χ3v) is 4.35. The number of nitrogens with zero attached hydrogens (tertiary/aromatic N) is 1. The summed E-state index contributed by atoms with van der Waals surface area (Å²) in [6.45, 7) is 4.79. The zero-order valence-corrected chi connectivity index (χ0v) is 13.6. The molecule has 0 N–H and O–H groups in total. The molecular weight excluding hydrogens is 278 g/mol. The van der Waals surface area contributed by atoms with Crippen molar-refractivity contribution in [3.63, 3.8) is 0 Å². The van der Waals surface area contributed by atoms with Crippen LogP contribution in [-0.4, -0.2) is 23.6 Å². The fourth-order valence-electron chi connectivity index (χ4n) is 1.95. The van der Waals surface area contributed by atoms with Gasteiger partial charge in [-0.15, -0.1) is 11.8 Å². The van der Waals surface area contributed by atoms with Crippen LogP contribution in [0.5, 0.6) is 0 Å². The topological polar surface area (TPSA) is 20.3 Å². The first-order chi connectivity index (χ1) is 10.0. The Labute approximate surface area is 131 Å². The molecule has 21 heavy (non-hydrogen) atoms. The van der Waals surface area contributed by atoms with Crippen molar-refractivity contribution in [3.05, 3.63) is 65.2 Å². The Morgan fingerprint density at radius 2 is 1.48 bits per heavy atom. The lowest BCUT2D eigenvalue weighted by Crippen LogP contribution is -2.27. The Hall–Kier alpha value is -1.74. The van der Waals surface area contributed by atoms with Gasteiger partial charge in [-0.3, -0.25) is 4.79 Å². The molecule has 0 spiro atoms. The predicted molar refractivity (Wildman–Crippen MR) is 89.6 cm³/mol. The molecule has 0 atom stereocenters. The van der Waals surface area contributed by atoms with E-state index in [0.29, 0.717) is 12.3 Å². The van der Waals surface area contributed by atoms with Crippen LogP contribution in [0.2, 0.25) is 0 Å². The molecule has 3 heteroatoms. The predicted octanol–water partition coefficient (Wildman–Crippen LogP) is 4.05. The largest absolute Gasteiger partial charge is 0.341 e. The van der Waals surface area contributed by atoms with Gasteiger partial charge in [-0.1, -0.05) is 47.5 Å². The highest BCUT2D eigenvalue weighted by Gasteiger charge is 2.09. The summed E-state index contributed by atoms with van der Waals surface area (Å²) in [6, 6.07) is 16.6. The number of benzene rings is 2. The van der Waals surface area contributed by atoms with Crippen molar-refractivity contribution in [2.45, 2.75) is 25.3 Å². The highest BCUT2D eigenvalue weighted by atomic mass is 32.2. The number of amides is 1. The third kappa shape index (κ3) is 4.94. The molecule has 0 aliphatic rings. The van der Waals surface area contributed by atoms with Crippen molar-refractivity contribution in [1.82, 2.24) is 4.90 Å². The van der Waals surface area contributed by atoms with E-state index >= 15 is 0 Å². The normalized spacial score (nSPS) is 10.4. The molecule has 0 aliphatic carbocycles. The lowest BCUT2D eigenvalue weighted by Gasteiger charge is -2.17. The smallest absolute Gasteiger partial charge is 0.232 e. The fraction of sp³-hybridized carbons (Fsp3) is 0.278. The molecule has 0 heterocycles. The number of hydrogen-bond acceptors (Lipinski definition) is 2. The van der Waals surface area contributed by atoms with Crippen molar-refractivity contribution in [2.24, 2.45) is 0 Å². The second kappa shape index (κ2) is 7.32. The minimum atomic E-state index is 0.154. The summed E-state index contributed by atoms with van der Waals surface area (Å²) in [6.07, 6.45) is 0. The number of aryl methyl sites for hydroxylation is 2. The quantitative estimate of drug-likeness (QED) is 0.776. The maximum absolute atomic E-state index is 12.2. The van der Waals surface area contributed by atoms with Gasteiger partial charge in [0.1, 0.15) is 0 Å². The molecule has 2 nitrogen and oxygen atoms in total. The van der Waals surface area contributed by atoms with Gasteiger partial charge in [0.05, 0.1) is 5.75 Å². The number of rotatable bonds is 5. The molecule has 0 unspecified atom stereocenters. The van der Waals surface area contributed by atoms with E-state index in [1.54, 1.807) is 16.7 Å². The zero-order chi connectivity index (χ0) is 15.2. The van der Waals surface area contributed by atoms with Crippen LogP contribution in [0.15, 0.2) is 53.4 Å². The Bertz CT molecular complexity index is 590. The van der Waals surface area contributed by atoms with Crippen LogP contribution >= 0.6 is 11.8 Å². The summed E-state index contributed by atoms with van der Waals surface area (Å²) in [5, 5.41) is 0. The molecule has 2 aromatic rings. The van der Waals surface area contributed by atoms with E-state index in [1.165, 1.54) is 11.1 Å². The highest BCUT2D eigenvalue weighted by Crippen LogP contribution is 2.19. The van der Waals surface area contributed by atoms with Crippen LogP contribution in [0.25, 0.3) is 0 Å². The Kier molecular flexibility index (Phi) is 5.45. The Morgan fingerprint density at radius 3 is 2.05 bits per heavy atom. The van der Waals surface area contributed by atoms with Crippen LogP contribution in [-0.2, 0) is 11.3 Å². The fourth-order valence-corrected chi connectivity index (χ4v) is 2.78. The van der Waals surface area contributed by atoms with Crippen LogP contribution < -0.4 is 0 Å². The van der Waals surface area contributed by atoms with Crippen molar-refractivity contribution in [3.8, 4) is 0 Å². The first-order valence-corrected chi connectivity index (χ1v) is 8.02. The molecule has 0 bridgehead atoms. The van der Waals surface area contributed by atoms with E-state index in [4.69, 9.17) is 0 Å². The number of carbonyl (C=O) groups excluding carboxylic acids is 1. The van der Waals surface area contributed by atoms with E-state index in [9.17, 15) is 4.79 Å². The lowest BCUT2D eigenvalue weighted by atomic mass is 10.1. The third-order valence-electron chi connectivity index (χ3n) is 3.35. The van der Waals surface area contributed by atoms with Crippen molar-refractivity contribution in [1.29, 1.82) is 0 Å². The van der Waals surface area contributed by atoms with Gasteiger partial charge in [0.2, 0.25) is 5.91 Å². The van der Waals surface area contributed by atoms with Crippen molar-refractivity contribution in [2.75, 3.05) is 12.8 Å². The second-order valence-corrected chi connectivity index (χ2v) is 6.39. The minimum absolute atomic E-state index is 0.154. The molecule has 0 aromatic heterocycles. The van der Waals surface area contributed by atoms with Crippen molar-refractivity contribution >= 4 is 17.7 Å². The maximum atomic E-state index is 12.2. The van der Waals surface area contributed by atoms with Crippen LogP contribution in [0, 0.1) is 13.8 Å². The van der Waals surface area contributed by atoms with Gasteiger partial charge in [0.15, 0.2) is 0 Å². The molecular formula is C18H21NOS. The molecule has 2 aromatic carbocycles. The molecule has 0 fully saturated rings. The lowest BCUT2D eigenvalue weighted by molar-refractivity contribution is -0.127. The summed E-state index contributed by atoms with van der Waals surface area (Å²) in [5.41, 5.74) is 3.64. The Morgan fingerprint density at radius 1 is 0.952 bits per heavy atom. The standard InChI is InChI=1S/C18H21NOS/c1-14-4-8-16(9-5-14)12-19(3)18(20)13-21-17-10-6-15(2)7-11-17/h4-11H,12-13H2,1-3H3. The average Bonchev–Trinajstić information content (AvgIpc) is 2.48. The van der Waals surface area contributed by atoms with Crippen molar-refractivity contribution < 1.29 is 4.79 Å². The van der Waals surface area contributed by atoms with E-state index in [1.807, 2.05) is 7.05 Å². The zero-order valence-electron chi connectivity index (χ0n) is 12.8. The minimum Gasteiger partial charge on any atom is -0.341 e. The van der Waals surface area contributed by atoms with Gasteiger partial charge >= 0.3 is 0 Å². The monoisotopic (exact) mass is 299 g/mol. The molecule has 0 radical (unpaired) electrons. The summed E-state index contributed by atoms with van der Waals surface area (Å²) < 4.78 is 0. The number of carbonyl (C=O) groups is 1. The molecule has 0 aliphatic heterocycles. The highest BCUT2D eigenvalue weighted by molar-refractivity contribution is 8.00. The van der Waals surface area contributed by atoms with Crippen LogP contribution in [0.3, 0.4) is 0 Å². The van der Waals surface area contributed by atoms with Gasteiger partial charge in [0.25, 0.3) is 0 Å². The van der Waals surface area contributed by atoms with E-state index in [0.717, 1.165) is 10.5 Å². The average molecular weight is 299 g/mol. The summed E-state index contributed by atoms with van der Waals surface area (Å²) >= 11 is 1.59. The molecule has 2 rings (SSSR count). The molecule has 1 amide bonds. The van der Waals surface area contributed by atoms with Crippen LogP contribution in [0.1, 0.15) is 16.7 Å². The molecule has 110 valence electrons. The first kappa shape index (κ1) is 15.6. The molecule has 0 saturated carbocycles.